The van der Waals surface area contributed by atoms with E-state index in [1.807, 2.05) is 48.7 Å². The molecule has 0 bridgehead atoms. The number of hydrogen-bond acceptors (Lipinski definition) is 4. The van der Waals surface area contributed by atoms with E-state index < -0.39 is 5.91 Å². The van der Waals surface area contributed by atoms with Crippen molar-refractivity contribution in [2.45, 2.75) is 6.54 Å². The summed E-state index contributed by atoms with van der Waals surface area (Å²) >= 11 is 0. The molecule has 0 aliphatic carbocycles. The van der Waals surface area contributed by atoms with Gasteiger partial charge in [-0.25, -0.2) is 5.43 Å². The van der Waals surface area contributed by atoms with Crippen molar-refractivity contribution in [1.29, 1.82) is 0 Å². The summed E-state index contributed by atoms with van der Waals surface area (Å²) in [6, 6.07) is 21.8. The maximum atomic E-state index is 12.2. The number of aromatic nitrogens is 1. The van der Waals surface area contributed by atoms with Crippen LogP contribution in [-0.2, 0) is 6.54 Å². The first-order chi connectivity index (χ1) is 14.1. The van der Waals surface area contributed by atoms with E-state index in [-0.39, 0.29) is 17.1 Å². The van der Waals surface area contributed by atoms with E-state index in [0.717, 1.165) is 29.1 Å². The molecule has 0 aliphatic rings. The second kappa shape index (κ2) is 7.90. The maximum Gasteiger partial charge on any atom is 0.271 e. The van der Waals surface area contributed by atoms with Crippen molar-refractivity contribution in [3.63, 3.8) is 0 Å². The Labute approximate surface area is 167 Å². The van der Waals surface area contributed by atoms with Gasteiger partial charge in [-0.1, -0.05) is 48.5 Å². The molecular weight excluding hydrogens is 366 g/mol. The zero-order valence-corrected chi connectivity index (χ0v) is 15.5. The Bertz CT molecular complexity index is 1180. The first kappa shape index (κ1) is 18.3. The largest absolute Gasteiger partial charge is 0.508 e. The molecule has 4 rings (SSSR count). The van der Waals surface area contributed by atoms with Crippen LogP contribution in [0.1, 0.15) is 21.5 Å². The van der Waals surface area contributed by atoms with E-state index in [1.54, 1.807) is 6.21 Å². The number of carbonyl (C=O) groups excluding carboxylic acids is 1. The van der Waals surface area contributed by atoms with Crippen molar-refractivity contribution in [2.75, 3.05) is 0 Å². The molecule has 144 valence electrons. The highest BCUT2D eigenvalue weighted by molar-refractivity contribution is 6.00. The second-order valence-corrected chi connectivity index (χ2v) is 6.65. The van der Waals surface area contributed by atoms with Crippen LogP contribution in [0.15, 0.2) is 84.1 Å². The number of para-hydroxylation sites is 1. The van der Waals surface area contributed by atoms with Gasteiger partial charge in [0.25, 0.3) is 5.91 Å². The summed E-state index contributed by atoms with van der Waals surface area (Å²) in [5.41, 5.74) is 5.67. The van der Waals surface area contributed by atoms with Gasteiger partial charge in [0.1, 0.15) is 11.5 Å². The number of benzene rings is 3. The SMILES string of the molecule is O=C(N/N=C\c1cn(Cc2ccccc2)c2ccccc12)c1cc(O)cc(O)c1. The van der Waals surface area contributed by atoms with Crippen LogP contribution in [0.3, 0.4) is 0 Å². The fraction of sp³-hybridized carbons (Fsp3) is 0.0435. The topological polar surface area (TPSA) is 86.9 Å². The Hall–Kier alpha value is -4.06. The number of fused-ring (bicyclic) bond motifs is 1. The molecule has 6 heteroatoms. The molecule has 0 spiro atoms. The van der Waals surface area contributed by atoms with Crippen LogP contribution in [0.2, 0.25) is 0 Å². The van der Waals surface area contributed by atoms with Gasteiger partial charge in [-0.2, -0.15) is 5.10 Å². The van der Waals surface area contributed by atoms with Crippen molar-refractivity contribution in [3.8, 4) is 11.5 Å². The zero-order chi connectivity index (χ0) is 20.2. The average molecular weight is 385 g/mol. The van der Waals surface area contributed by atoms with Crippen molar-refractivity contribution < 1.29 is 15.0 Å². The molecule has 0 aliphatic heterocycles. The lowest BCUT2D eigenvalue weighted by atomic mass is 10.2. The first-order valence-corrected chi connectivity index (χ1v) is 9.08. The molecule has 1 aromatic heterocycles. The number of amides is 1. The van der Waals surface area contributed by atoms with Gasteiger partial charge in [-0.3, -0.25) is 4.79 Å². The van der Waals surface area contributed by atoms with E-state index in [4.69, 9.17) is 0 Å². The molecule has 0 unspecified atom stereocenters. The zero-order valence-electron chi connectivity index (χ0n) is 15.5. The Morgan fingerprint density at radius 3 is 2.41 bits per heavy atom. The third kappa shape index (κ3) is 4.11. The summed E-state index contributed by atoms with van der Waals surface area (Å²) in [7, 11) is 0. The number of rotatable bonds is 5. The van der Waals surface area contributed by atoms with E-state index >= 15 is 0 Å². The standard InChI is InChI=1S/C23H19N3O3/c27-19-10-17(11-20(28)12-19)23(29)25-24-13-18-15-26(14-16-6-2-1-3-7-16)22-9-5-4-8-21(18)22/h1-13,15,27-28H,14H2,(H,25,29)/b24-13-. The fourth-order valence-electron chi connectivity index (χ4n) is 3.24. The summed E-state index contributed by atoms with van der Waals surface area (Å²) in [4.78, 5) is 12.2. The summed E-state index contributed by atoms with van der Waals surface area (Å²) in [6.45, 7) is 0.726. The Morgan fingerprint density at radius 2 is 1.66 bits per heavy atom. The van der Waals surface area contributed by atoms with Gasteiger partial charge >= 0.3 is 0 Å². The van der Waals surface area contributed by atoms with E-state index in [9.17, 15) is 15.0 Å². The van der Waals surface area contributed by atoms with Crippen LogP contribution >= 0.6 is 0 Å². The number of nitrogens with zero attached hydrogens (tertiary/aromatic N) is 2. The van der Waals surface area contributed by atoms with Gasteiger partial charge in [0, 0.05) is 40.8 Å². The van der Waals surface area contributed by atoms with Crippen molar-refractivity contribution >= 4 is 23.0 Å². The van der Waals surface area contributed by atoms with Gasteiger partial charge in [0.2, 0.25) is 0 Å². The molecule has 0 saturated carbocycles. The van der Waals surface area contributed by atoms with Crippen LogP contribution in [0.25, 0.3) is 10.9 Å². The molecule has 1 amide bonds. The first-order valence-electron chi connectivity index (χ1n) is 9.08. The molecule has 0 saturated heterocycles. The predicted octanol–water partition coefficient (Wildman–Crippen LogP) is 3.86. The number of carbonyl (C=O) groups is 1. The molecule has 0 fully saturated rings. The van der Waals surface area contributed by atoms with Gasteiger partial charge in [0.05, 0.1) is 6.21 Å². The van der Waals surface area contributed by atoms with E-state index in [2.05, 4.69) is 27.2 Å². The number of hydrazone groups is 1. The third-order valence-corrected chi connectivity index (χ3v) is 4.55. The molecular formula is C23H19N3O3. The summed E-state index contributed by atoms with van der Waals surface area (Å²) in [5.74, 6) is -0.910. The van der Waals surface area contributed by atoms with Crippen molar-refractivity contribution in [2.24, 2.45) is 5.10 Å². The highest BCUT2D eigenvalue weighted by atomic mass is 16.3. The van der Waals surface area contributed by atoms with Gasteiger partial charge in [0.15, 0.2) is 0 Å². The molecule has 0 radical (unpaired) electrons. The smallest absolute Gasteiger partial charge is 0.271 e. The molecule has 6 nitrogen and oxygen atoms in total. The summed E-state index contributed by atoms with van der Waals surface area (Å²) < 4.78 is 2.14. The van der Waals surface area contributed by atoms with Crippen LogP contribution in [0, 0.1) is 0 Å². The fourth-order valence-corrected chi connectivity index (χ4v) is 3.24. The lowest BCUT2D eigenvalue weighted by Gasteiger charge is -2.05. The third-order valence-electron chi connectivity index (χ3n) is 4.55. The quantitative estimate of drug-likeness (QED) is 0.360. The molecule has 1 heterocycles. The number of aromatic hydroxyl groups is 2. The molecule has 0 atom stereocenters. The summed E-state index contributed by atoms with van der Waals surface area (Å²) in [5, 5.41) is 24.1. The molecule has 3 N–H and O–H groups in total. The minimum atomic E-state index is -0.527. The van der Waals surface area contributed by atoms with Crippen LogP contribution in [0.4, 0.5) is 0 Å². The molecule has 4 aromatic rings. The minimum Gasteiger partial charge on any atom is -0.508 e. The molecule has 29 heavy (non-hydrogen) atoms. The van der Waals surface area contributed by atoms with E-state index in [1.165, 1.54) is 17.7 Å². The maximum absolute atomic E-state index is 12.2. The monoisotopic (exact) mass is 385 g/mol. The molecule has 3 aromatic carbocycles. The number of hydrogen-bond donors (Lipinski definition) is 3. The number of phenolic OH excluding ortho intramolecular Hbond substituents is 2. The lowest BCUT2D eigenvalue weighted by molar-refractivity contribution is 0.0954. The van der Waals surface area contributed by atoms with Gasteiger partial charge in [-0.05, 0) is 23.8 Å². The average Bonchev–Trinajstić information content (AvgIpc) is 3.06. The lowest BCUT2D eigenvalue weighted by Crippen LogP contribution is -2.17. The predicted molar refractivity (Wildman–Crippen MR) is 112 cm³/mol. The number of nitrogens with one attached hydrogen (secondary N) is 1. The normalized spacial score (nSPS) is 11.2. The number of phenols is 2. The van der Waals surface area contributed by atoms with Crippen LogP contribution < -0.4 is 5.43 Å². The Morgan fingerprint density at radius 1 is 0.966 bits per heavy atom. The van der Waals surface area contributed by atoms with Crippen LogP contribution in [-0.4, -0.2) is 26.9 Å². The van der Waals surface area contributed by atoms with Gasteiger partial charge < -0.3 is 14.8 Å². The highest BCUT2D eigenvalue weighted by Gasteiger charge is 2.09. The van der Waals surface area contributed by atoms with Gasteiger partial charge in [-0.15, -0.1) is 0 Å². The summed E-state index contributed by atoms with van der Waals surface area (Å²) in [6.07, 6.45) is 3.58. The highest BCUT2D eigenvalue weighted by Crippen LogP contribution is 2.22. The van der Waals surface area contributed by atoms with Crippen LogP contribution in [0.5, 0.6) is 11.5 Å². The Balaban J connectivity index is 1.57. The second-order valence-electron chi connectivity index (χ2n) is 6.65. The van der Waals surface area contributed by atoms with Crippen molar-refractivity contribution in [1.82, 2.24) is 9.99 Å². The van der Waals surface area contributed by atoms with E-state index in [0.29, 0.717) is 0 Å². The minimum absolute atomic E-state index is 0.117. The van der Waals surface area contributed by atoms with Crippen molar-refractivity contribution in [3.05, 3.63) is 95.7 Å². The Kier molecular flexibility index (Phi) is 4.99.